The summed E-state index contributed by atoms with van der Waals surface area (Å²) in [6.45, 7) is 12.0. The van der Waals surface area contributed by atoms with Crippen LogP contribution in [0.4, 0.5) is 17.8 Å². The van der Waals surface area contributed by atoms with Crippen molar-refractivity contribution in [3.8, 4) is 0 Å². The maximum Gasteiger partial charge on any atom is 0.338 e. The van der Waals surface area contributed by atoms with E-state index in [4.69, 9.17) is 29.2 Å². The molecule has 0 fully saturated rings. The molecule has 480 valence electrons. The number of rotatable bonds is 12. The van der Waals surface area contributed by atoms with Gasteiger partial charge in [-0.25, -0.2) is 29.3 Å². The monoisotopic (exact) mass is 1280 g/mol. The first-order valence-corrected chi connectivity index (χ1v) is 32.6. The third kappa shape index (κ3) is 10.6. The number of ether oxygens (including phenoxy) is 3. The Morgan fingerprint density at radius 1 is 0.385 bits per heavy atom. The van der Waals surface area contributed by atoms with E-state index in [1.807, 2.05) is 109 Å². The van der Waals surface area contributed by atoms with E-state index in [-0.39, 0.29) is 53.4 Å². The molecule has 0 saturated carbocycles. The molecule has 3 atom stereocenters. The Morgan fingerprint density at radius 2 is 0.646 bits per heavy atom. The Hall–Kier alpha value is -11.0. The summed E-state index contributed by atoms with van der Waals surface area (Å²) in [5.41, 5.74) is 13.9. The van der Waals surface area contributed by atoms with Crippen LogP contribution in [0.3, 0.4) is 0 Å². The summed E-state index contributed by atoms with van der Waals surface area (Å²) in [5, 5.41) is 10.5. The normalized spacial score (nSPS) is 19.7. The molecule has 3 unspecified atom stereocenters. The first-order chi connectivity index (χ1) is 46.2. The lowest BCUT2D eigenvalue weighted by molar-refractivity contribution is -0.119. The molecular weight excluding hydrogens is 1210 g/mol. The van der Waals surface area contributed by atoms with Crippen molar-refractivity contribution in [3.63, 3.8) is 0 Å². The van der Waals surface area contributed by atoms with Crippen molar-refractivity contribution in [1.29, 1.82) is 0 Å². The van der Waals surface area contributed by atoms with Gasteiger partial charge < -0.3 is 30.2 Å². The van der Waals surface area contributed by atoms with Crippen LogP contribution >= 0.6 is 0 Å². The average molecular weight is 1280 g/mol. The van der Waals surface area contributed by atoms with E-state index in [9.17, 15) is 28.8 Å². The van der Waals surface area contributed by atoms with Crippen LogP contribution < -0.4 is 16.0 Å². The van der Waals surface area contributed by atoms with Crippen LogP contribution in [0.2, 0.25) is 0 Å². The number of aromatic nitrogens is 6. The lowest BCUT2D eigenvalue weighted by Crippen LogP contribution is -2.36. The molecular formula is C78H69N9O9. The van der Waals surface area contributed by atoms with Crippen LogP contribution in [0, 0.1) is 16.2 Å². The lowest BCUT2D eigenvalue weighted by atomic mass is 9.73. The van der Waals surface area contributed by atoms with Gasteiger partial charge in [-0.15, -0.1) is 0 Å². The molecule has 7 aromatic carbocycles. The van der Waals surface area contributed by atoms with Crippen LogP contribution in [0.25, 0.3) is 33.1 Å². The number of imidazole rings is 3. The number of nitrogens with zero attached hydrogens (tertiary/aromatic N) is 6. The highest BCUT2D eigenvalue weighted by Crippen LogP contribution is 2.51. The van der Waals surface area contributed by atoms with Gasteiger partial charge in [-0.3, -0.25) is 28.1 Å². The molecule has 96 heavy (non-hydrogen) atoms. The van der Waals surface area contributed by atoms with Gasteiger partial charge in [0.1, 0.15) is 19.8 Å². The standard InChI is InChI=1S/C78H69N9O9/c1-76(2)34-55-64(61(88)37-76)67(85-58-16-10-7-13-52(58)79-73(85)82-55)46-19-25-49(26-20-46)70(91)94-40-43-31-44(41-95-71(92)50-27-21-47(22-28-50)68-65-56(35-77(3,4)38-62(65)89)83-74-80-53-14-8-11-17-59(53)86(68)74)33-45(32-43)42-96-72(93)51-29-23-48(24-30-51)69-66-57(36-78(5,6)39-63(66)90)84-75-81-54-15-9-12-18-60(54)87(69)75/h7-33,67-69H,34-42H2,1-6H3,(H,79,82)(H,80,83)(H,81,84). The first kappa shape index (κ1) is 60.0. The summed E-state index contributed by atoms with van der Waals surface area (Å²) in [7, 11) is 0. The molecule has 18 heteroatoms. The molecule has 10 aromatic rings. The number of hydrogen-bond donors (Lipinski definition) is 3. The molecule has 3 aliphatic carbocycles. The molecule has 0 bridgehead atoms. The molecule has 0 radical (unpaired) electrons. The van der Waals surface area contributed by atoms with Gasteiger partial charge in [-0.2, -0.15) is 0 Å². The number of ketones is 3. The Labute approximate surface area is 553 Å². The Morgan fingerprint density at radius 3 is 0.917 bits per heavy atom. The molecule has 3 aliphatic heterocycles. The van der Waals surface area contributed by atoms with Gasteiger partial charge in [0.25, 0.3) is 0 Å². The van der Waals surface area contributed by atoms with Crippen molar-refractivity contribution in [1.82, 2.24) is 28.7 Å². The highest BCUT2D eigenvalue weighted by Gasteiger charge is 2.45. The van der Waals surface area contributed by atoms with Crippen molar-refractivity contribution in [2.45, 2.75) is 118 Å². The maximum atomic E-state index is 14.1. The van der Waals surface area contributed by atoms with Crippen LogP contribution in [-0.4, -0.2) is 63.9 Å². The second-order valence-corrected chi connectivity index (χ2v) is 28.7. The minimum absolute atomic E-state index is 0.0618. The predicted octanol–water partition coefficient (Wildman–Crippen LogP) is 14.8. The van der Waals surface area contributed by atoms with Crippen molar-refractivity contribution in [3.05, 3.63) is 248 Å². The molecule has 18 nitrogen and oxygen atoms in total. The van der Waals surface area contributed by atoms with E-state index < -0.39 is 36.0 Å². The van der Waals surface area contributed by atoms with Crippen molar-refractivity contribution < 1.29 is 43.0 Å². The largest absolute Gasteiger partial charge is 0.457 e. The first-order valence-electron chi connectivity index (χ1n) is 32.6. The van der Waals surface area contributed by atoms with Crippen LogP contribution in [0.1, 0.15) is 163 Å². The van der Waals surface area contributed by atoms with Gasteiger partial charge in [0.05, 0.1) is 67.9 Å². The third-order valence-electron chi connectivity index (χ3n) is 19.5. The molecule has 6 heterocycles. The quantitative estimate of drug-likeness (QED) is 0.0765. The number of carbonyl (C=O) groups is 6. The van der Waals surface area contributed by atoms with E-state index in [0.29, 0.717) is 106 Å². The number of nitrogens with one attached hydrogen (secondary N) is 3. The van der Waals surface area contributed by atoms with Crippen LogP contribution in [0.5, 0.6) is 0 Å². The molecule has 3 aromatic heterocycles. The summed E-state index contributed by atoms with van der Waals surface area (Å²) in [4.78, 5) is 99.2. The zero-order valence-corrected chi connectivity index (χ0v) is 54.0. The fraction of sp³-hybridized carbons (Fsp3) is 0.269. The van der Waals surface area contributed by atoms with E-state index in [1.54, 1.807) is 54.6 Å². The number of allylic oxidation sites excluding steroid dienone is 6. The van der Waals surface area contributed by atoms with Gasteiger partial charge >= 0.3 is 17.9 Å². The van der Waals surface area contributed by atoms with Gasteiger partial charge in [0, 0.05) is 53.1 Å². The number of carbonyl (C=O) groups excluding carboxylic acids is 6. The number of Topliss-reactive ketones (excluding diaryl/α,β-unsaturated/α-hetero) is 3. The van der Waals surface area contributed by atoms with E-state index >= 15 is 0 Å². The Bertz CT molecular complexity index is 4580. The number of hydrogen-bond acceptors (Lipinski definition) is 15. The van der Waals surface area contributed by atoms with Crippen molar-refractivity contribution >= 4 is 86.2 Å². The number of anilines is 3. The minimum atomic E-state index is -0.593. The number of fused-ring (bicyclic) bond motifs is 9. The van der Waals surface area contributed by atoms with Crippen molar-refractivity contribution in [2.75, 3.05) is 16.0 Å². The van der Waals surface area contributed by atoms with E-state index in [1.165, 1.54) is 0 Å². The fourth-order valence-electron chi connectivity index (χ4n) is 15.4. The van der Waals surface area contributed by atoms with Gasteiger partial charge in [-0.05, 0) is 160 Å². The molecule has 16 rings (SSSR count). The second kappa shape index (κ2) is 22.6. The molecule has 6 aliphatic rings. The van der Waals surface area contributed by atoms with Crippen molar-refractivity contribution in [2.24, 2.45) is 16.2 Å². The Kier molecular flexibility index (Phi) is 14.1. The maximum absolute atomic E-state index is 14.1. The van der Waals surface area contributed by atoms with E-state index in [0.717, 1.165) is 66.9 Å². The highest BCUT2D eigenvalue weighted by atomic mass is 16.5. The summed E-state index contributed by atoms with van der Waals surface area (Å²) in [6, 6.07) is 48.8. The highest BCUT2D eigenvalue weighted by molar-refractivity contribution is 6.03. The molecule has 0 spiro atoms. The zero-order chi connectivity index (χ0) is 66.1. The number of esters is 3. The van der Waals surface area contributed by atoms with E-state index in [2.05, 4.69) is 71.2 Å². The number of para-hydroxylation sites is 6. The van der Waals surface area contributed by atoms with Gasteiger partial charge in [-0.1, -0.05) is 114 Å². The topological polar surface area (TPSA) is 220 Å². The predicted molar refractivity (Wildman–Crippen MR) is 363 cm³/mol. The summed E-state index contributed by atoms with van der Waals surface area (Å²) in [6.07, 6.45) is 3.23. The zero-order valence-electron chi connectivity index (χ0n) is 54.0. The summed E-state index contributed by atoms with van der Waals surface area (Å²) < 4.78 is 24.2. The van der Waals surface area contributed by atoms with Crippen LogP contribution in [-0.2, 0) is 48.4 Å². The molecule has 3 N–H and O–H groups in total. The molecule has 0 amide bonds. The average Bonchev–Trinajstić information content (AvgIpc) is 1.47. The summed E-state index contributed by atoms with van der Waals surface area (Å²) >= 11 is 0. The minimum Gasteiger partial charge on any atom is -0.457 e. The van der Waals surface area contributed by atoms with Crippen LogP contribution in [0.15, 0.2) is 198 Å². The summed E-state index contributed by atoms with van der Waals surface area (Å²) in [5.74, 6) is 0.352. The molecule has 0 saturated heterocycles. The smallest absolute Gasteiger partial charge is 0.338 e. The fourth-order valence-corrected chi connectivity index (χ4v) is 15.4. The second-order valence-electron chi connectivity index (χ2n) is 28.7. The third-order valence-corrected chi connectivity index (χ3v) is 19.5. The van der Waals surface area contributed by atoms with Gasteiger partial charge in [0.15, 0.2) is 17.3 Å². The van der Waals surface area contributed by atoms with Gasteiger partial charge in [0.2, 0.25) is 17.8 Å². The number of benzene rings is 7. The SMILES string of the molecule is CC1(C)CC(=O)C2=C(C1)Nc1nc3ccccc3n1C2c1ccc(C(=O)OCc2cc(COC(=O)c3ccc(C4C5=C(CC(C)(C)CC5=O)Nc5nc6ccccc6n54)cc3)cc(COC(=O)c3ccc(C4C5=C(CC(C)(C)CC5=O)Nc5nc6ccccc6n54)cc3)c2)cc1. The Balaban J connectivity index is 0.661. The lowest BCUT2D eigenvalue weighted by Gasteiger charge is -2.39.